The fraction of sp³-hybridized carbons (Fsp3) is 0.100. The standard InChI is InChI=1S/C10H9FN2O2/c1-2-3-13-8-5-7(12)6(11)4-9(8)15-10(13)14/h2,4-5H,1,3,12H2. The molecule has 5 heteroatoms. The van der Waals surface area contributed by atoms with Crippen LogP contribution < -0.4 is 11.5 Å². The monoisotopic (exact) mass is 208 g/mol. The molecule has 1 heterocycles. The van der Waals surface area contributed by atoms with Gasteiger partial charge < -0.3 is 10.2 Å². The first-order valence-electron chi connectivity index (χ1n) is 4.32. The third kappa shape index (κ3) is 1.41. The van der Waals surface area contributed by atoms with Crippen molar-refractivity contribution in [3.63, 3.8) is 0 Å². The van der Waals surface area contributed by atoms with Gasteiger partial charge in [-0.3, -0.25) is 4.57 Å². The lowest BCUT2D eigenvalue weighted by atomic mass is 10.3. The molecule has 1 aromatic carbocycles. The highest BCUT2D eigenvalue weighted by molar-refractivity contribution is 5.77. The van der Waals surface area contributed by atoms with Crippen LogP contribution in [0.25, 0.3) is 11.1 Å². The predicted octanol–water partition coefficient (Wildman–Crippen LogP) is 1.50. The Kier molecular flexibility index (Phi) is 2.07. The van der Waals surface area contributed by atoms with Crippen LogP contribution in [0.2, 0.25) is 0 Å². The maximum absolute atomic E-state index is 13.1. The van der Waals surface area contributed by atoms with Crippen molar-refractivity contribution in [1.82, 2.24) is 4.57 Å². The van der Waals surface area contributed by atoms with Crippen LogP contribution in [-0.2, 0) is 6.54 Å². The topological polar surface area (TPSA) is 61.2 Å². The molecule has 0 saturated heterocycles. The third-order valence-electron chi connectivity index (χ3n) is 2.10. The van der Waals surface area contributed by atoms with Crippen molar-refractivity contribution in [3.05, 3.63) is 41.2 Å². The summed E-state index contributed by atoms with van der Waals surface area (Å²) in [6.45, 7) is 3.82. The van der Waals surface area contributed by atoms with Crippen molar-refractivity contribution in [1.29, 1.82) is 0 Å². The zero-order chi connectivity index (χ0) is 11.0. The van der Waals surface area contributed by atoms with Gasteiger partial charge in [0.2, 0.25) is 0 Å². The van der Waals surface area contributed by atoms with Gasteiger partial charge in [-0.05, 0) is 6.07 Å². The normalized spacial score (nSPS) is 10.7. The molecule has 0 atom stereocenters. The summed E-state index contributed by atoms with van der Waals surface area (Å²) >= 11 is 0. The predicted molar refractivity (Wildman–Crippen MR) is 55.0 cm³/mol. The van der Waals surface area contributed by atoms with E-state index in [4.69, 9.17) is 10.2 Å². The van der Waals surface area contributed by atoms with Crippen LogP contribution in [-0.4, -0.2) is 4.57 Å². The van der Waals surface area contributed by atoms with Gasteiger partial charge in [0, 0.05) is 12.6 Å². The molecule has 0 aliphatic heterocycles. The molecular formula is C10H9FN2O2. The number of hydrogen-bond acceptors (Lipinski definition) is 3. The van der Waals surface area contributed by atoms with Crippen molar-refractivity contribution < 1.29 is 8.81 Å². The summed E-state index contributed by atoms with van der Waals surface area (Å²) in [6, 6.07) is 2.48. The lowest BCUT2D eigenvalue weighted by Gasteiger charge is -1.98. The van der Waals surface area contributed by atoms with Crippen LogP contribution in [0.5, 0.6) is 0 Å². The Labute approximate surface area is 84.4 Å². The van der Waals surface area contributed by atoms with Crippen LogP contribution in [0.15, 0.2) is 34.0 Å². The maximum Gasteiger partial charge on any atom is 0.420 e. The molecule has 78 valence electrons. The van der Waals surface area contributed by atoms with E-state index in [1.807, 2.05) is 0 Å². The number of fused-ring (bicyclic) bond motifs is 1. The second-order valence-electron chi connectivity index (χ2n) is 3.11. The van der Waals surface area contributed by atoms with Gasteiger partial charge in [0.05, 0.1) is 11.2 Å². The fourth-order valence-electron chi connectivity index (χ4n) is 1.40. The molecular weight excluding hydrogens is 199 g/mol. The van der Waals surface area contributed by atoms with E-state index in [2.05, 4.69) is 6.58 Å². The average molecular weight is 208 g/mol. The molecule has 2 aromatic rings. The van der Waals surface area contributed by atoms with Gasteiger partial charge in [-0.25, -0.2) is 9.18 Å². The lowest BCUT2D eigenvalue weighted by molar-refractivity contribution is 0.518. The molecule has 0 spiro atoms. The molecule has 0 aliphatic rings. The number of benzene rings is 1. The zero-order valence-corrected chi connectivity index (χ0v) is 7.87. The summed E-state index contributed by atoms with van der Waals surface area (Å²) in [4.78, 5) is 11.3. The molecule has 0 saturated carbocycles. The first kappa shape index (κ1) is 9.51. The van der Waals surface area contributed by atoms with Crippen molar-refractivity contribution in [2.24, 2.45) is 0 Å². The number of halogens is 1. The molecule has 0 radical (unpaired) electrons. The van der Waals surface area contributed by atoms with Gasteiger partial charge in [0.15, 0.2) is 5.58 Å². The first-order chi connectivity index (χ1) is 7.13. The highest BCUT2D eigenvalue weighted by Crippen LogP contribution is 2.19. The molecule has 0 bridgehead atoms. The molecule has 0 unspecified atom stereocenters. The molecule has 2 N–H and O–H groups in total. The van der Waals surface area contributed by atoms with E-state index in [0.717, 1.165) is 6.07 Å². The van der Waals surface area contributed by atoms with Gasteiger partial charge in [0.25, 0.3) is 0 Å². The minimum Gasteiger partial charge on any atom is -0.408 e. The number of nitrogen functional groups attached to an aromatic ring is 1. The summed E-state index contributed by atoms with van der Waals surface area (Å²) in [7, 11) is 0. The van der Waals surface area contributed by atoms with Crippen molar-refractivity contribution in [2.75, 3.05) is 5.73 Å². The SMILES string of the molecule is C=CCn1c(=O)oc2cc(F)c(N)cc21. The van der Waals surface area contributed by atoms with E-state index in [1.165, 1.54) is 10.6 Å². The number of nitrogens with two attached hydrogens (primary N) is 1. The van der Waals surface area contributed by atoms with E-state index in [0.29, 0.717) is 12.1 Å². The Morgan fingerprint density at radius 2 is 2.33 bits per heavy atom. The van der Waals surface area contributed by atoms with E-state index in [-0.39, 0.29) is 11.3 Å². The third-order valence-corrected chi connectivity index (χ3v) is 2.10. The highest BCUT2D eigenvalue weighted by atomic mass is 19.1. The molecule has 2 rings (SSSR count). The fourth-order valence-corrected chi connectivity index (χ4v) is 1.40. The average Bonchev–Trinajstić information content (AvgIpc) is 2.46. The zero-order valence-electron chi connectivity index (χ0n) is 7.87. The molecule has 4 nitrogen and oxygen atoms in total. The van der Waals surface area contributed by atoms with Gasteiger partial charge in [0.1, 0.15) is 5.82 Å². The van der Waals surface area contributed by atoms with Crippen molar-refractivity contribution >= 4 is 16.8 Å². The summed E-state index contributed by atoms with van der Waals surface area (Å²) in [5.41, 5.74) is 6.05. The molecule has 15 heavy (non-hydrogen) atoms. The minimum absolute atomic E-state index is 0.0129. The Bertz CT molecular complexity index is 583. The van der Waals surface area contributed by atoms with E-state index < -0.39 is 11.6 Å². The van der Waals surface area contributed by atoms with Crippen LogP contribution in [0, 0.1) is 5.82 Å². The van der Waals surface area contributed by atoms with Crippen molar-refractivity contribution in [3.8, 4) is 0 Å². The number of allylic oxidation sites excluding steroid dienone is 1. The largest absolute Gasteiger partial charge is 0.420 e. The maximum atomic E-state index is 13.1. The summed E-state index contributed by atoms with van der Waals surface area (Å²) < 4.78 is 19.2. The van der Waals surface area contributed by atoms with Crippen molar-refractivity contribution in [2.45, 2.75) is 6.54 Å². The molecule has 1 aromatic heterocycles. The second-order valence-corrected chi connectivity index (χ2v) is 3.11. The Hall–Kier alpha value is -2.04. The number of oxazole rings is 1. The van der Waals surface area contributed by atoms with Gasteiger partial charge >= 0.3 is 5.76 Å². The van der Waals surface area contributed by atoms with Gasteiger partial charge in [-0.1, -0.05) is 6.08 Å². The molecule has 0 aliphatic carbocycles. The minimum atomic E-state index is -0.595. The summed E-state index contributed by atoms with van der Waals surface area (Å²) in [5.74, 6) is -1.14. The Morgan fingerprint density at radius 3 is 3.00 bits per heavy atom. The van der Waals surface area contributed by atoms with E-state index in [9.17, 15) is 9.18 Å². The van der Waals surface area contributed by atoms with Crippen LogP contribution >= 0.6 is 0 Å². The highest BCUT2D eigenvalue weighted by Gasteiger charge is 2.10. The van der Waals surface area contributed by atoms with Gasteiger partial charge in [-0.15, -0.1) is 6.58 Å². The Morgan fingerprint density at radius 1 is 1.60 bits per heavy atom. The quantitative estimate of drug-likeness (QED) is 0.601. The number of rotatable bonds is 2. The van der Waals surface area contributed by atoms with Crippen LogP contribution in [0.3, 0.4) is 0 Å². The lowest BCUT2D eigenvalue weighted by Crippen LogP contribution is -2.12. The van der Waals surface area contributed by atoms with Gasteiger partial charge in [-0.2, -0.15) is 0 Å². The Balaban J connectivity index is 2.81. The number of anilines is 1. The van der Waals surface area contributed by atoms with E-state index in [1.54, 1.807) is 6.08 Å². The van der Waals surface area contributed by atoms with Crippen LogP contribution in [0.4, 0.5) is 10.1 Å². The number of nitrogens with zero attached hydrogens (tertiary/aromatic N) is 1. The number of aromatic nitrogens is 1. The van der Waals surface area contributed by atoms with Crippen LogP contribution in [0.1, 0.15) is 0 Å². The van der Waals surface area contributed by atoms with E-state index >= 15 is 0 Å². The molecule has 0 fully saturated rings. The number of hydrogen-bond donors (Lipinski definition) is 1. The smallest absolute Gasteiger partial charge is 0.408 e. The molecule has 0 amide bonds. The summed E-state index contributed by atoms with van der Waals surface area (Å²) in [6.07, 6.45) is 1.55. The second kappa shape index (κ2) is 3.27. The summed E-state index contributed by atoms with van der Waals surface area (Å²) in [5, 5.41) is 0. The first-order valence-corrected chi connectivity index (χ1v) is 4.32.